The summed E-state index contributed by atoms with van der Waals surface area (Å²) in [7, 11) is 0. The van der Waals surface area contributed by atoms with Crippen LogP contribution in [0.4, 0.5) is 0 Å². The van der Waals surface area contributed by atoms with Crippen LogP contribution in [0.2, 0.25) is 0 Å². The summed E-state index contributed by atoms with van der Waals surface area (Å²) >= 11 is 0. The third-order valence-corrected chi connectivity index (χ3v) is 2.03. The number of aromatic nitrogens is 2. The molecule has 0 aliphatic rings. The van der Waals surface area contributed by atoms with E-state index in [9.17, 15) is 0 Å². The van der Waals surface area contributed by atoms with Crippen molar-refractivity contribution in [3.8, 4) is 0 Å². The number of imidazole rings is 1. The minimum atomic E-state index is 1.06. The average Bonchev–Trinajstić information content (AvgIpc) is 2.46. The second kappa shape index (κ2) is 3.56. The third-order valence-electron chi connectivity index (χ3n) is 2.03. The Labute approximate surface area is 68.0 Å². The molecule has 62 valence electrons. The van der Waals surface area contributed by atoms with Crippen LogP contribution in [-0.2, 0) is 19.3 Å². The molecule has 0 unspecified atom stereocenters. The highest BCUT2D eigenvalue weighted by molar-refractivity contribution is 5.07. The lowest BCUT2D eigenvalue weighted by atomic mass is 10.2. The fraction of sp³-hybridized carbons (Fsp3) is 0.667. The van der Waals surface area contributed by atoms with Crippen LogP contribution in [-0.4, -0.2) is 4.98 Å². The molecule has 1 heterocycles. The molecule has 0 saturated heterocycles. The molecule has 2 heteroatoms. The zero-order chi connectivity index (χ0) is 8.27. The quantitative estimate of drug-likeness (QED) is 0.682. The van der Waals surface area contributed by atoms with E-state index in [-0.39, 0.29) is 0 Å². The topological polar surface area (TPSA) is 29.9 Å². The van der Waals surface area contributed by atoms with Gasteiger partial charge in [0.25, 0.3) is 5.82 Å². The van der Waals surface area contributed by atoms with Crippen LogP contribution in [0.3, 0.4) is 0 Å². The van der Waals surface area contributed by atoms with Crippen molar-refractivity contribution in [2.24, 2.45) is 0 Å². The van der Waals surface area contributed by atoms with E-state index in [2.05, 4.69) is 30.7 Å². The Kier molecular flexibility index (Phi) is 2.69. The van der Waals surface area contributed by atoms with Crippen molar-refractivity contribution in [1.29, 1.82) is 0 Å². The highest BCUT2D eigenvalue weighted by Gasteiger charge is 2.11. The Bertz CT molecular complexity index is 204. The lowest BCUT2D eigenvalue weighted by molar-refractivity contribution is -0.399. The minimum Gasteiger partial charge on any atom is -0.245 e. The highest BCUT2D eigenvalue weighted by Crippen LogP contribution is 2.03. The molecule has 0 radical (unpaired) electrons. The van der Waals surface area contributed by atoms with Crippen molar-refractivity contribution < 1.29 is 4.98 Å². The number of rotatable bonds is 3. The summed E-state index contributed by atoms with van der Waals surface area (Å²) in [5.74, 6) is 1.25. The smallest absolute Gasteiger partial charge is 0.245 e. The molecule has 0 atom stereocenters. The van der Waals surface area contributed by atoms with E-state index >= 15 is 0 Å². The second-order valence-corrected chi connectivity index (χ2v) is 2.75. The molecular weight excluding hydrogens is 136 g/mol. The van der Waals surface area contributed by atoms with Crippen molar-refractivity contribution in [3.05, 3.63) is 17.2 Å². The van der Waals surface area contributed by atoms with E-state index in [1.165, 1.54) is 17.2 Å². The maximum atomic E-state index is 3.38. The molecule has 1 aromatic heterocycles. The molecule has 0 saturated carbocycles. The lowest BCUT2D eigenvalue weighted by Crippen LogP contribution is -2.10. The zero-order valence-corrected chi connectivity index (χ0v) is 7.62. The van der Waals surface area contributed by atoms with Gasteiger partial charge in [-0.15, -0.1) is 0 Å². The molecule has 2 nitrogen and oxygen atoms in total. The number of hydrogen-bond acceptors (Lipinski definition) is 0. The maximum absolute atomic E-state index is 3.38. The van der Waals surface area contributed by atoms with Gasteiger partial charge in [0.2, 0.25) is 0 Å². The Balaban J connectivity index is 2.92. The van der Waals surface area contributed by atoms with Crippen molar-refractivity contribution in [2.45, 2.75) is 40.0 Å². The molecule has 0 bridgehead atoms. The third kappa shape index (κ3) is 1.62. The van der Waals surface area contributed by atoms with Crippen molar-refractivity contribution >= 4 is 0 Å². The van der Waals surface area contributed by atoms with Gasteiger partial charge in [-0.1, -0.05) is 20.8 Å². The van der Waals surface area contributed by atoms with Crippen molar-refractivity contribution in [3.63, 3.8) is 0 Å². The van der Waals surface area contributed by atoms with Gasteiger partial charge in [0, 0.05) is 19.3 Å². The van der Waals surface area contributed by atoms with Gasteiger partial charge in [0.05, 0.1) is 0 Å². The molecule has 0 amide bonds. The molecule has 0 fully saturated rings. The second-order valence-electron chi connectivity index (χ2n) is 2.75. The largest absolute Gasteiger partial charge is 0.252 e. The van der Waals surface area contributed by atoms with Gasteiger partial charge in [0.15, 0.2) is 0 Å². The Hall–Kier alpha value is -0.790. The monoisotopic (exact) mass is 153 g/mol. The lowest BCUT2D eigenvalue weighted by Gasteiger charge is -1.85. The Morgan fingerprint density at radius 3 is 2.18 bits per heavy atom. The zero-order valence-electron chi connectivity index (χ0n) is 7.62. The van der Waals surface area contributed by atoms with Crippen LogP contribution in [0.25, 0.3) is 0 Å². The van der Waals surface area contributed by atoms with E-state index in [4.69, 9.17) is 0 Å². The maximum Gasteiger partial charge on any atom is 0.252 e. The van der Waals surface area contributed by atoms with Crippen LogP contribution in [0.15, 0.2) is 0 Å². The first-order valence-electron chi connectivity index (χ1n) is 4.43. The SMILES string of the molecule is CCc1[nH]c(CC)c(CC)[nH+]1. The number of H-pyrrole nitrogens is 2. The van der Waals surface area contributed by atoms with Gasteiger partial charge in [0.1, 0.15) is 11.4 Å². The summed E-state index contributed by atoms with van der Waals surface area (Å²) < 4.78 is 0. The Morgan fingerprint density at radius 1 is 1.09 bits per heavy atom. The molecule has 2 N–H and O–H groups in total. The fourth-order valence-electron chi connectivity index (χ4n) is 1.33. The summed E-state index contributed by atoms with van der Waals surface area (Å²) in [4.78, 5) is 6.75. The molecule has 1 aromatic rings. The minimum absolute atomic E-state index is 1.06. The normalized spacial score (nSPS) is 10.5. The number of aryl methyl sites for hydroxylation is 3. The first-order chi connectivity index (χ1) is 5.31. The van der Waals surface area contributed by atoms with Crippen molar-refractivity contribution in [2.75, 3.05) is 0 Å². The molecule has 11 heavy (non-hydrogen) atoms. The van der Waals surface area contributed by atoms with Gasteiger partial charge >= 0.3 is 0 Å². The van der Waals surface area contributed by atoms with E-state index < -0.39 is 0 Å². The van der Waals surface area contributed by atoms with Crippen LogP contribution in [0.1, 0.15) is 38.0 Å². The van der Waals surface area contributed by atoms with E-state index in [1.807, 2.05) is 0 Å². The summed E-state index contributed by atoms with van der Waals surface area (Å²) in [6, 6.07) is 0. The number of hydrogen-bond donors (Lipinski definition) is 1. The predicted molar refractivity (Wildman–Crippen MR) is 45.5 cm³/mol. The summed E-state index contributed by atoms with van der Waals surface area (Å²) in [5.41, 5.74) is 2.73. The molecule has 0 aliphatic heterocycles. The Morgan fingerprint density at radius 2 is 1.82 bits per heavy atom. The van der Waals surface area contributed by atoms with E-state index in [0.717, 1.165) is 19.3 Å². The van der Waals surface area contributed by atoms with Gasteiger partial charge in [-0.25, -0.2) is 9.97 Å². The van der Waals surface area contributed by atoms with Gasteiger partial charge in [-0.3, -0.25) is 0 Å². The summed E-state index contributed by atoms with van der Waals surface area (Å²) in [6.45, 7) is 6.51. The summed E-state index contributed by atoms with van der Waals surface area (Å²) in [5, 5.41) is 0. The molecule has 0 aliphatic carbocycles. The van der Waals surface area contributed by atoms with Crippen LogP contribution in [0.5, 0.6) is 0 Å². The highest BCUT2D eigenvalue weighted by atomic mass is 14.9. The van der Waals surface area contributed by atoms with Crippen LogP contribution in [0, 0.1) is 0 Å². The molecule has 1 rings (SSSR count). The van der Waals surface area contributed by atoms with E-state index in [1.54, 1.807) is 0 Å². The van der Waals surface area contributed by atoms with Gasteiger partial charge in [-0.2, -0.15) is 0 Å². The molecule has 0 aromatic carbocycles. The number of aromatic amines is 2. The fourth-order valence-corrected chi connectivity index (χ4v) is 1.33. The molecular formula is C9H17N2+. The van der Waals surface area contributed by atoms with Gasteiger partial charge < -0.3 is 0 Å². The first-order valence-corrected chi connectivity index (χ1v) is 4.43. The number of nitrogens with one attached hydrogen (secondary N) is 2. The molecule has 0 spiro atoms. The first kappa shape index (κ1) is 8.31. The average molecular weight is 153 g/mol. The summed E-state index contributed by atoms with van der Waals surface area (Å²) in [6.07, 6.45) is 3.26. The predicted octanol–water partition coefficient (Wildman–Crippen LogP) is 1.52. The van der Waals surface area contributed by atoms with E-state index in [0.29, 0.717) is 0 Å². The standard InChI is InChI=1S/C9H16N2/c1-4-7-8(5-2)11-9(6-3)10-7/h4-6H2,1-3H3,(H,10,11)/p+1. The van der Waals surface area contributed by atoms with Crippen LogP contribution >= 0.6 is 0 Å². The van der Waals surface area contributed by atoms with Crippen LogP contribution < -0.4 is 4.98 Å². The van der Waals surface area contributed by atoms with Gasteiger partial charge in [-0.05, 0) is 0 Å². The van der Waals surface area contributed by atoms with Crippen molar-refractivity contribution in [1.82, 2.24) is 4.98 Å².